The first-order chi connectivity index (χ1) is 12.7. The SMILES string of the molecule is CC(C)(C)OC(=O)N1CCN(c2cc(O[C@H]3CCNC3)c(F)cc2F)CC1. The van der Waals surface area contributed by atoms with E-state index in [-0.39, 0.29) is 17.9 Å². The van der Waals surface area contributed by atoms with Gasteiger partial charge in [0.05, 0.1) is 5.69 Å². The summed E-state index contributed by atoms with van der Waals surface area (Å²) in [6.07, 6.45) is 0.307. The van der Waals surface area contributed by atoms with Crippen LogP contribution in [0.1, 0.15) is 27.2 Å². The molecule has 27 heavy (non-hydrogen) atoms. The third-order valence-corrected chi connectivity index (χ3v) is 4.58. The molecular weight excluding hydrogens is 356 g/mol. The molecule has 0 spiro atoms. The highest BCUT2D eigenvalue weighted by atomic mass is 19.1. The molecule has 150 valence electrons. The van der Waals surface area contributed by atoms with Gasteiger partial charge in [-0.05, 0) is 33.7 Å². The maximum absolute atomic E-state index is 14.4. The zero-order valence-corrected chi connectivity index (χ0v) is 16.1. The molecule has 2 aliphatic rings. The van der Waals surface area contributed by atoms with Crippen LogP contribution in [0.3, 0.4) is 0 Å². The highest BCUT2D eigenvalue weighted by Gasteiger charge is 2.28. The van der Waals surface area contributed by atoms with Crippen LogP contribution in [0.25, 0.3) is 0 Å². The van der Waals surface area contributed by atoms with E-state index in [4.69, 9.17) is 9.47 Å². The van der Waals surface area contributed by atoms with Crippen LogP contribution in [-0.4, -0.2) is 62.0 Å². The number of nitrogens with one attached hydrogen (secondary N) is 1. The lowest BCUT2D eigenvalue weighted by atomic mass is 10.2. The molecule has 2 saturated heterocycles. The maximum atomic E-state index is 14.4. The number of hydrogen-bond donors (Lipinski definition) is 1. The lowest BCUT2D eigenvalue weighted by Crippen LogP contribution is -2.50. The first-order valence-corrected chi connectivity index (χ1v) is 9.32. The maximum Gasteiger partial charge on any atom is 0.410 e. The molecule has 3 rings (SSSR count). The smallest absolute Gasteiger partial charge is 0.410 e. The number of benzene rings is 1. The molecule has 1 aromatic rings. The fourth-order valence-electron chi connectivity index (χ4n) is 3.22. The molecule has 1 aromatic carbocycles. The van der Waals surface area contributed by atoms with E-state index in [9.17, 15) is 13.6 Å². The minimum atomic E-state index is -0.699. The van der Waals surface area contributed by atoms with E-state index in [0.717, 1.165) is 19.0 Å². The van der Waals surface area contributed by atoms with E-state index in [1.165, 1.54) is 6.07 Å². The normalized spacial score (nSPS) is 20.7. The van der Waals surface area contributed by atoms with Crippen LogP contribution in [0.5, 0.6) is 5.75 Å². The predicted molar refractivity (Wildman–Crippen MR) is 98.3 cm³/mol. The van der Waals surface area contributed by atoms with Gasteiger partial charge in [-0.15, -0.1) is 0 Å². The third kappa shape index (κ3) is 5.00. The van der Waals surface area contributed by atoms with E-state index >= 15 is 0 Å². The average molecular weight is 383 g/mol. The first-order valence-electron chi connectivity index (χ1n) is 9.32. The van der Waals surface area contributed by atoms with Gasteiger partial charge in [0, 0.05) is 44.9 Å². The van der Waals surface area contributed by atoms with Crippen molar-refractivity contribution in [3.05, 3.63) is 23.8 Å². The Balaban J connectivity index is 1.65. The Morgan fingerprint density at radius 2 is 1.85 bits per heavy atom. The van der Waals surface area contributed by atoms with E-state index in [0.29, 0.717) is 38.4 Å². The second-order valence-corrected chi connectivity index (χ2v) is 7.92. The summed E-state index contributed by atoms with van der Waals surface area (Å²) in [7, 11) is 0. The molecule has 1 atom stereocenters. The van der Waals surface area contributed by atoms with Gasteiger partial charge in [0.1, 0.15) is 17.5 Å². The van der Waals surface area contributed by atoms with E-state index in [1.807, 2.05) is 20.8 Å². The second kappa shape index (κ2) is 7.88. The van der Waals surface area contributed by atoms with Gasteiger partial charge >= 0.3 is 6.09 Å². The summed E-state index contributed by atoms with van der Waals surface area (Å²) in [5.41, 5.74) is -0.264. The molecular formula is C19H27F2N3O3. The van der Waals surface area contributed by atoms with Gasteiger partial charge in [-0.3, -0.25) is 0 Å². The Bertz CT molecular complexity index is 680. The molecule has 2 aliphatic heterocycles. The monoisotopic (exact) mass is 383 g/mol. The van der Waals surface area contributed by atoms with Crippen molar-refractivity contribution in [2.75, 3.05) is 44.2 Å². The number of halogens is 2. The lowest BCUT2D eigenvalue weighted by molar-refractivity contribution is 0.0240. The minimum absolute atomic E-state index is 0.0645. The summed E-state index contributed by atoms with van der Waals surface area (Å²) >= 11 is 0. The van der Waals surface area contributed by atoms with Gasteiger partial charge in [-0.25, -0.2) is 13.6 Å². The largest absolute Gasteiger partial charge is 0.486 e. The van der Waals surface area contributed by atoms with E-state index in [2.05, 4.69) is 5.32 Å². The zero-order chi connectivity index (χ0) is 19.6. The number of piperazine rings is 1. The Morgan fingerprint density at radius 1 is 1.15 bits per heavy atom. The number of ether oxygens (including phenoxy) is 2. The summed E-state index contributed by atoms with van der Waals surface area (Å²) in [5.74, 6) is -1.26. The van der Waals surface area contributed by atoms with Crippen molar-refractivity contribution in [1.82, 2.24) is 10.2 Å². The number of carbonyl (C=O) groups excluding carboxylic acids is 1. The first kappa shape index (κ1) is 19.7. The van der Waals surface area contributed by atoms with Crippen LogP contribution >= 0.6 is 0 Å². The number of rotatable bonds is 3. The lowest BCUT2D eigenvalue weighted by Gasteiger charge is -2.37. The van der Waals surface area contributed by atoms with Crippen LogP contribution in [0, 0.1) is 11.6 Å². The van der Waals surface area contributed by atoms with Crippen molar-refractivity contribution >= 4 is 11.8 Å². The molecule has 0 radical (unpaired) electrons. The quantitative estimate of drug-likeness (QED) is 0.870. The van der Waals surface area contributed by atoms with Crippen molar-refractivity contribution in [3.63, 3.8) is 0 Å². The predicted octanol–water partition coefficient (Wildman–Crippen LogP) is 2.76. The summed E-state index contributed by atoms with van der Waals surface area (Å²) in [5, 5.41) is 3.15. The Labute approximate surface area is 158 Å². The van der Waals surface area contributed by atoms with Crippen molar-refractivity contribution in [3.8, 4) is 5.75 Å². The van der Waals surface area contributed by atoms with Crippen LogP contribution < -0.4 is 15.0 Å². The Hall–Kier alpha value is -2.09. The van der Waals surface area contributed by atoms with E-state index in [1.54, 1.807) is 9.80 Å². The molecule has 2 fully saturated rings. The molecule has 1 amide bonds. The molecule has 0 unspecified atom stereocenters. The molecule has 0 aliphatic carbocycles. The van der Waals surface area contributed by atoms with Crippen LogP contribution in [0.4, 0.5) is 19.3 Å². The fraction of sp³-hybridized carbons (Fsp3) is 0.632. The minimum Gasteiger partial charge on any atom is -0.486 e. The van der Waals surface area contributed by atoms with Gasteiger partial charge in [0.15, 0.2) is 11.6 Å². The number of nitrogens with zero attached hydrogens (tertiary/aromatic N) is 2. The van der Waals surface area contributed by atoms with Crippen molar-refractivity contribution in [2.45, 2.75) is 38.9 Å². The van der Waals surface area contributed by atoms with Crippen LogP contribution in [-0.2, 0) is 4.74 Å². The van der Waals surface area contributed by atoms with Crippen molar-refractivity contribution in [2.24, 2.45) is 0 Å². The molecule has 6 nitrogen and oxygen atoms in total. The third-order valence-electron chi connectivity index (χ3n) is 4.58. The summed E-state index contributed by atoms with van der Waals surface area (Å²) in [6, 6.07) is 2.29. The molecule has 2 heterocycles. The van der Waals surface area contributed by atoms with E-state index < -0.39 is 17.2 Å². The highest BCUT2D eigenvalue weighted by Crippen LogP contribution is 2.30. The van der Waals surface area contributed by atoms with Gasteiger partial charge < -0.3 is 24.6 Å². The summed E-state index contributed by atoms with van der Waals surface area (Å²) in [4.78, 5) is 15.6. The van der Waals surface area contributed by atoms with Gasteiger partial charge in [0.25, 0.3) is 0 Å². The number of carbonyl (C=O) groups is 1. The number of hydrogen-bond acceptors (Lipinski definition) is 5. The molecule has 8 heteroatoms. The Morgan fingerprint density at radius 3 is 2.44 bits per heavy atom. The number of anilines is 1. The Kier molecular flexibility index (Phi) is 5.74. The van der Waals surface area contributed by atoms with Gasteiger partial charge in [0.2, 0.25) is 0 Å². The van der Waals surface area contributed by atoms with Crippen LogP contribution in [0.15, 0.2) is 12.1 Å². The fourth-order valence-corrected chi connectivity index (χ4v) is 3.22. The second-order valence-electron chi connectivity index (χ2n) is 7.92. The van der Waals surface area contributed by atoms with Crippen molar-refractivity contribution < 1.29 is 23.0 Å². The summed E-state index contributed by atoms with van der Waals surface area (Å²) in [6.45, 7) is 8.62. The summed E-state index contributed by atoms with van der Waals surface area (Å²) < 4.78 is 39.5. The van der Waals surface area contributed by atoms with Gasteiger partial charge in [-0.1, -0.05) is 0 Å². The topological polar surface area (TPSA) is 54.0 Å². The molecule has 0 saturated carbocycles. The standard InChI is InChI=1S/C19H27F2N3O3/c1-19(2,3)27-18(25)24-8-6-23(7-9-24)16-11-17(15(21)10-14(16)20)26-13-4-5-22-12-13/h10-11,13,22H,4-9,12H2,1-3H3/t13-/m0/s1. The highest BCUT2D eigenvalue weighted by molar-refractivity contribution is 5.68. The molecule has 0 bridgehead atoms. The number of amides is 1. The van der Waals surface area contributed by atoms with Crippen molar-refractivity contribution in [1.29, 1.82) is 0 Å². The average Bonchev–Trinajstić information content (AvgIpc) is 3.09. The molecule has 1 N–H and O–H groups in total. The molecule has 0 aromatic heterocycles. The van der Waals surface area contributed by atoms with Gasteiger partial charge in [-0.2, -0.15) is 0 Å². The zero-order valence-electron chi connectivity index (χ0n) is 16.1. The van der Waals surface area contributed by atoms with Crippen LogP contribution in [0.2, 0.25) is 0 Å².